The molecular formula is C12H19N3O. The molecule has 4 nitrogen and oxygen atoms in total. The van der Waals surface area contributed by atoms with E-state index in [1.807, 2.05) is 24.3 Å². The molecule has 0 aliphatic rings. The van der Waals surface area contributed by atoms with Crippen molar-refractivity contribution >= 4 is 11.7 Å². The number of hydrogen-bond donors (Lipinski definition) is 2. The van der Waals surface area contributed by atoms with Crippen LogP contribution in [0.4, 0.5) is 10.5 Å². The molecule has 88 valence electrons. The summed E-state index contributed by atoms with van der Waals surface area (Å²) in [7, 11) is 1.66. The van der Waals surface area contributed by atoms with E-state index in [0.29, 0.717) is 12.5 Å². The number of benzene rings is 1. The zero-order valence-electron chi connectivity index (χ0n) is 9.81. The largest absolute Gasteiger partial charge is 0.351 e. The van der Waals surface area contributed by atoms with Crippen LogP contribution in [0.1, 0.15) is 24.8 Å². The van der Waals surface area contributed by atoms with Crippen LogP contribution in [0.5, 0.6) is 0 Å². The number of rotatable bonds is 4. The summed E-state index contributed by atoms with van der Waals surface area (Å²) >= 11 is 0. The second-order valence-corrected chi connectivity index (χ2v) is 3.97. The van der Waals surface area contributed by atoms with Crippen LogP contribution in [-0.4, -0.2) is 19.6 Å². The van der Waals surface area contributed by atoms with Crippen molar-refractivity contribution in [3.63, 3.8) is 0 Å². The number of amides is 2. The molecule has 0 radical (unpaired) electrons. The van der Waals surface area contributed by atoms with Gasteiger partial charge in [-0.1, -0.05) is 19.1 Å². The van der Waals surface area contributed by atoms with Gasteiger partial charge in [-0.05, 0) is 36.6 Å². The Morgan fingerprint density at radius 1 is 1.50 bits per heavy atom. The summed E-state index contributed by atoms with van der Waals surface area (Å²) in [6.07, 6.45) is 0.934. The van der Waals surface area contributed by atoms with Crippen molar-refractivity contribution in [3.8, 4) is 0 Å². The third kappa shape index (κ3) is 2.97. The Morgan fingerprint density at radius 2 is 2.19 bits per heavy atom. The van der Waals surface area contributed by atoms with Crippen LogP contribution in [0.15, 0.2) is 24.3 Å². The number of anilines is 1. The summed E-state index contributed by atoms with van der Waals surface area (Å²) in [5, 5.41) is 0. The number of carbonyl (C=O) groups excluding carboxylic acids is 1. The molecular weight excluding hydrogens is 202 g/mol. The normalized spacial score (nSPS) is 12.2. The minimum absolute atomic E-state index is 0.395. The maximum absolute atomic E-state index is 11.0. The smallest absolute Gasteiger partial charge is 0.318 e. The third-order valence-corrected chi connectivity index (χ3v) is 2.76. The number of primary amides is 1. The lowest BCUT2D eigenvalue weighted by Gasteiger charge is -2.17. The second kappa shape index (κ2) is 5.51. The second-order valence-electron chi connectivity index (χ2n) is 3.97. The Morgan fingerprint density at radius 3 is 2.75 bits per heavy atom. The molecule has 4 N–H and O–H groups in total. The third-order valence-electron chi connectivity index (χ3n) is 2.76. The van der Waals surface area contributed by atoms with Gasteiger partial charge in [0, 0.05) is 12.7 Å². The van der Waals surface area contributed by atoms with E-state index in [4.69, 9.17) is 11.5 Å². The summed E-state index contributed by atoms with van der Waals surface area (Å²) in [6, 6.07) is 7.35. The fourth-order valence-corrected chi connectivity index (χ4v) is 1.58. The molecule has 0 saturated heterocycles. The van der Waals surface area contributed by atoms with Gasteiger partial charge >= 0.3 is 6.03 Å². The Kier molecular flexibility index (Phi) is 4.31. The Labute approximate surface area is 96.2 Å². The zero-order valence-corrected chi connectivity index (χ0v) is 9.81. The molecule has 1 aromatic rings. The molecule has 0 aliphatic heterocycles. The zero-order chi connectivity index (χ0) is 12.1. The first-order chi connectivity index (χ1) is 7.56. The predicted octanol–water partition coefficient (Wildman–Crippen LogP) is 1.65. The number of carbonyl (C=O) groups is 1. The monoisotopic (exact) mass is 221 g/mol. The fraction of sp³-hybridized carbons (Fsp3) is 0.417. The number of urea groups is 1. The summed E-state index contributed by atoms with van der Waals surface area (Å²) in [5.41, 5.74) is 12.7. The molecule has 0 fully saturated rings. The fourth-order valence-electron chi connectivity index (χ4n) is 1.58. The minimum Gasteiger partial charge on any atom is -0.351 e. The lowest BCUT2D eigenvalue weighted by molar-refractivity contribution is 0.255. The number of nitrogens with zero attached hydrogens (tertiary/aromatic N) is 1. The van der Waals surface area contributed by atoms with Gasteiger partial charge < -0.3 is 11.5 Å². The molecule has 1 atom stereocenters. The molecule has 0 spiro atoms. The van der Waals surface area contributed by atoms with Gasteiger partial charge in [0.1, 0.15) is 0 Å². The maximum atomic E-state index is 11.0. The van der Waals surface area contributed by atoms with Gasteiger partial charge in [-0.2, -0.15) is 0 Å². The predicted molar refractivity (Wildman–Crippen MR) is 66.5 cm³/mol. The summed E-state index contributed by atoms with van der Waals surface area (Å²) in [4.78, 5) is 12.5. The van der Waals surface area contributed by atoms with E-state index in [9.17, 15) is 4.79 Å². The summed E-state index contributed by atoms with van der Waals surface area (Å²) in [5.74, 6) is 0.395. The van der Waals surface area contributed by atoms with E-state index in [2.05, 4.69) is 6.92 Å². The quantitative estimate of drug-likeness (QED) is 0.811. The molecule has 1 rings (SSSR count). The first kappa shape index (κ1) is 12.5. The van der Waals surface area contributed by atoms with Gasteiger partial charge in [0.2, 0.25) is 0 Å². The van der Waals surface area contributed by atoms with Crippen molar-refractivity contribution in [1.82, 2.24) is 0 Å². The molecule has 1 unspecified atom stereocenters. The van der Waals surface area contributed by atoms with Crippen LogP contribution in [0, 0.1) is 0 Å². The SMILES string of the molecule is CC(CCN)c1cccc(N(C)C(N)=O)c1. The molecule has 0 heterocycles. The Balaban J connectivity index is 2.90. The highest BCUT2D eigenvalue weighted by molar-refractivity contribution is 5.90. The molecule has 4 heteroatoms. The van der Waals surface area contributed by atoms with Crippen molar-refractivity contribution < 1.29 is 4.79 Å². The van der Waals surface area contributed by atoms with Crippen molar-refractivity contribution in [3.05, 3.63) is 29.8 Å². The summed E-state index contributed by atoms with van der Waals surface area (Å²) in [6.45, 7) is 2.79. The lowest BCUT2D eigenvalue weighted by atomic mass is 9.97. The summed E-state index contributed by atoms with van der Waals surface area (Å²) < 4.78 is 0. The van der Waals surface area contributed by atoms with Crippen LogP contribution in [-0.2, 0) is 0 Å². The van der Waals surface area contributed by atoms with Crippen molar-refractivity contribution in [2.75, 3.05) is 18.5 Å². The van der Waals surface area contributed by atoms with Crippen molar-refractivity contribution in [1.29, 1.82) is 0 Å². The molecule has 0 aliphatic carbocycles. The first-order valence-corrected chi connectivity index (χ1v) is 5.39. The minimum atomic E-state index is -0.455. The van der Waals surface area contributed by atoms with Crippen molar-refractivity contribution in [2.24, 2.45) is 11.5 Å². The molecule has 1 aromatic carbocycles. The van der Waals surface area contributed by atoms with Crippen LogP contribution in [0.3, 0.4) is 0 Å². The highest BCUT2D eigenvalue weighted by Gasteiger charge is 2.09. The average molecular weight is 221 g/mol. The molecule has 0 saturated carbocycles. The first-order valence-electron chi connectivity index (χ1n) is 5.39. The molecule has 0 aromatic heterocycles. The number of nitrogens with two attached hydrogens (primary N) is 2. The van der Waals surface area contributed by atoms with Gasteiger partial charge in [-0.3, -0.25) is 4.90 Å². The molecule has 0 bridgehead atoms. The van der Waals surface area contributed by atoms with E-state index in [0.717, 1.165) is 12.1 Å². The highest BCUT2D eigenvalue weighted by Crippen LogP contribution is 2.23. The molecule has 2 amide bonds. The van der Waals surface area contributed by atoms with Gasteiger partial charge in [0.15, 0.2) is 0 Å². The van der Waals surface area contributed by atoms with Gasteiger partial charge in [-0.15, -0.1) is 0 Å². The van der Waals surface area contributed by atoms with Crippen LogP contribution >= 0.6 is 0 Å². The van der Waals surface area contributed by atoms with Gasteiger partial charge in [0.05, 0.1) is 0 Å². The Hall–Kier alpha value is -1.55. The lowest BCUT2D eigenvalue weighted by Crippen LogP contribution is -2.31. The van der Waals surface area contributed by atoms with Crippen LogP contribution in [0.2, 0.25) is 0 Å². The maximum Gasteiger partial charge on any atom is 0.318 e. The Bertz CT molecular complexity index is 365. The molecule has 16 heavy (non-hydrogen) atoms. The van der Waals surface area contributed by atoms with E-state index in [-0.39, 0.29) is 0 Å². The van der Waals surface area contributed by atoms with E-state index >= 15 is 0 Å². The van der Waals surface area contributed by atoms with Gasteiger partial charge in [0.25, 0.3) is 0 Å². The van der Waals surface area contributed by atoms with Crippen LogP contribution < -0.4 is 16.4 Å². The number of hydrogen-bond acceptors (Lipinski definition) is 2. The van der Waals surface area contributed by atoms with E-state index in [1.165, 1.54) is 10.5 Å². The highest BCUT2D eigenvalue weighted by atomic mass is 16.2. The average Bonchev–Trinajstić information content (AvgIpc) is 2.28. The van der Waals surface area contributed by atoms with Crippen LogP contribution in [0.25, 0.3) is 0 Å². The van der Waals surface area contributed by atoms with Gasteiger partial charge in [-0.25, -0.2) is 4.79 Å². The topological polar surface area (TPSA) is 72.3 Å². The van der Waals surface area contributed by atoms with Crippen molar-refractivity contribution in [2.45, 2.75) is 19.3 Å². The van der Waals surface area contributed by atoms with E-state index in [1.54, 1.807) is 7.05 Å². The van der Waals surface area contributed by atoms with E-state index < -0.39 is 6.03 Å². The standard InChI is InChI=1S/C12H19N3O/c1-9(6-7-13)10-4-3-5-11(8-10)15(2)12(14)16/h3-5,8-9H,6-7,13H2,1-2H3,(H2,14,16).